The van der Waals surface area contributed by atoms with Gasteiger partial charge in [0.15, 0.2) is 0 Å². The quantitative estimate of drug-likeness (QED) is 0.758. The van der Waals surface area contributed by atoms with E-state index >= 15 is 0 Å². The predicted octanol–water partition coefficient (Wildman–Crippen LogP) is 4.48. The Balaban J connectivity index is 1.67. The first-order valence-electron chi connectivity index (χ1n) is 8.09. The van der Waals surface area contributed by atoms with E-state index < -0.39 is 0 Å². The number of carbonyl (C=O) groups is 1. The van der Waals surface area contributed by atoms with E-state index in [1.807, 2.05) is 12.1 Å². The van der Waals surface area contributed by atoms with E-state index in [0.717, 1.165) is 31.6 Å². The third kappa shape index (κ3) is 3.05. The zero-order valence-corrected chi connectivity index (χ0v) is 12.1. The van der Waals surface area contributed by atoms with Crippen LogP contribution in [0.3, 0.4) is 0 Å². The highest BCUT2D eigenvalue weighted by molar-refractivity contribution is 5.82. The SMILES string of the molecule is O=C(CC1CCOc2ccccc21)C1CCCCCC1. The topological polar surface area (TPSA) is 26.3 Å². The highest BCUT2D eigenvalue weighted by Crippen LogP contribution is 2.37. The number of Topliss-reactive ketones (excluding diaryl/α,β-unsaturated/α-hetero) is 1. The lowest BCUT2D eigenvalue weighted by Crippen LogP contribution is -2.21. The van der Waals surface area contributed by atoms with Crippen LogP contribution in [-0.2, 0) is 4.79 Å². The lowest BCUT2D eigenvalue weighted by Gasteiger charge is -2.26. The van der Waals surface area contributed by atoms with E-state index in [0.29, 0.717) is 24.0 Å². The lowest BCUT2D eigenvalue weighted by atomic mass is 9.84. The van der Waals surface area contributed by atoms with Crippen molar-refractivity contribution < 1.29 is 9.53 Å². The molecule has 0 saturated heterocycles. The van der Waals surface area contributed by atoms with Gasteiger partial charge in [-0.25, -0.2) is 0 Å². The van der Waals surface area contributed by atoms with Crippen molar-refractivity contribution in [1.29, 1.82) is 0 Å². The molecule has 1 aliphatic carbocycles. The van der Waals surface area contributed by atoms with Gasteiger partial charge in [0.25, 0.3) is 0 Å². The largest absolute Gasteiger partial charge is 0.493 e. The summed E-state index contributed by atoms with van der Waals surface area (Å²) in [5.41, 5.74) is 1.24. The third-order valence-electron chi connectivity index (χ3n) is 4.84. The van der Waals surface area contributed by atoms with Crippen molar-refractivity contribution in [3.8, 4) is 5.75 Å². The van der Waals surface area contributed by atoms with Crippen LogP contribution in [0.15, 0.2) is 24.3 Å². The van der Waals surface area contributed by atoms with Crippen LogP contribution in [0.1, 0.15) is 62.8 Å². The summed E-state index contributed by atoms with van der Waals surface area (Å²) in [4.78, 5) is 12.6. The minimum absolute atomic E-state index is 0.326. The minimum atomic E-state index is 0.326. The van der Waals surface area contributed by atoms with E-state index in [1.54, 1.807) is 0 Å². The number of fused-ring (bicyclic) bond motifs is 1. The first-order chi connectivity index (χ1) is 9.84. The first kappa shape index (κ1) is 13.7. The Morgan fingerprint density at radius 3 is 2.60 bits per heavy atom. The van der Waals surface area contributed by atoms with Crippen molar-refractivity contribution in [2.24, 2.45) is 5.92 Å². The van der Waals surface area contributed by atoms with Crippen molar-refractivity contribution in [3.63, 3.8) is 0 Å². The van der Waals surface area contributed by atoms with E-state index in [2.05, 4.69) is 12.1 Å². The third-order valence-corrected chi connectivity index (χ3v) is 4.84. The molecule has 0 spiro atoms. The minimum Gasteiger partial charge on any atom is -0.493 e. The van der Waals surface area contributed by atoms with Crippen molar-refractivity contribution in [2.45, 2.75) is 57.3 Å². The second-order valence-electron chi connectivity index (χ2n) is 6.23. The maximum absolute atomic E-state index is 12.6. The average Bonchev–Trinajstić information content (AvgIpc) is 2.77. The van der Waals surface area contributed by atoms with E-state index in [-0.39, 0.29) is 0 Å². The van der Waals surface area contributed by atoms with Gasteiger partial charge in [-0.15, -0.1) is 0 Å². The highest BCUT2D eigenvalue weighted by atomic mass is 16.5. The monoisotopic (exact) mass is 272 g/mol. The van der Waals surface area contributed by atoms with Gasteiger partial charge in [0.05, 0.1) is 6.61 Å². The standard InChI is InChI=1S/C18H24O2/c19-17(14-7-3-1-2-4-8-14)13-15-11-12-20-18-10-6-5-9-16(15)18/h5-6,9-10,14-15H,1-4,7-8,11-13H2. The Bertz CT molecular complexity index is 458. The Morgan fingerprint density at radius 2 is 1.80 bits per heavy atom. The van der Waals surface area contributed by atoms with Crippen LogP contribution in [0.5, 0.6) is 5.75 Å². The molecule has 0 bridgehead atoms. The first-order valence-corrected chi connectivity index (χ1v) is 8.09. The number of ketones is 1. The molecule has 20 heavy (non-hydrogen) atoms. The smallest absolute Gasteiger partial charge is 0.136 e. The van der Waals surface area contributed by atoms with E-state index in [9.17, 15) is 4.79 Å². The van der Waals surface area contributed by atoms with E-state index in [4.69, 9.17) is 4.74 Å². The maximum atomic E-state index is 12.6. The van der Waals surface area contributed by atoms with Crippen LogP contribution in [0.2, 0.25) is 0 Å². The molecule has 2 heteroatoms. The van der Waals surface area contributed by atoms with Crippen molar-refractivity contribution in [1.82, 2.24) is 0 Å². The molecule has 0 amide bonds. The molecule has 0 aromatic heterocycles. The normalized spacial score (nSPS) is 23.5. The summed E-state index contributed by atoms with van der Waals surface area (Å²) in [6.07, 6.45) is 9.02. The molecule has 1 unspecified atom stereocenters. The summed E-state index contributed by atoms with van der Waals surface area (Å²) in [5, 5.41) is 0. The number of benzene rings is 1. The summed E-state index contributed by atoms with van der Waals surface area (Å²) in [6.45, 7) is 0.750. The van der Waals surface area contributed by atoms with Crippen LogP contribution < -0.4 is 4.74 Å². The number of rotatable bonds is 3. The maximum Gasteiger partial charge on any atom is 0.136 e. The van der Waals surface area contributed by atoms with Gasteiger partial charge in [-0.1, -0.05) is 43.9 Å². The van der Waals surface area contributed by atoms with Gasteiger partial charge >= 0.3 is 0 Å². The Kier molecular flexibility index (Phi) is 4.39. The summed E-state index contributed by atoms with van der Waals surface area (Å²) >= 11 is 0. The van der Waals surface area contributed by atoms with Crippen molar-refractivity contribution in [2.75, 3.05) is 6.61 Å². The molecule has 0 radical (unpaired) electrons. The molecule has 1 aromatic carbocycles. The summed E-state index contributed by atoms with van der Waals surface area (Å²) in [7, 11) is 0. The molecular weight excluding hydrogens is 248 g/mol. The molecule has 2 aliphatic rings. The fourth-order valence-electron chi connectivity index (χ4n) is 3.64. The molecule has 0 N–H and O–H groups in total. The number of hydrogen-bond donors (Lipinski definition) is 0. The Hall–Kier alpha value is -1.31. The second kappa shape index (κ2) is 6.43. The number of carbonyl (C=O) groups excluding carboxylic acids is 1. The van der Waals surface area contributed by atoms with Crippen LogP contribution in [0.4, 0.5) is 0 Å². The average molecular weight is 272 g/mol. The highest BCUT2D eigenvalue weighted by Gasteiger charge is 2.27. The Morgan fingerprint density at radius 1 is 1.05 bits per heavy atom. The van der Waals surface area contributed by atoms with Gasteiger partial charge in [-0.05, 0) is 36.8 Å². The van der Waals surface area contributed by atoms with Gasteiger partial charge in [-0.2, -0.15) is 0 Å². The van der Waals surface area contributed by atoms with Gasteiger partial charge < -0.3 is 4.74 Å². The molecule has 1 aromatic rings. The molecule has 2 nitrogen and oxygen atoms in total. The lowest BCUT2D eigenvalue weighted by molar-refractivity contribution is -0.123. The number of para-hydroxylation sites is 1. The second-order valence-corrected chi connectivity index (χ2v) is 6.23. The van der Waals surface area contributed by atoms with Crippen LogP contribution in [0.25, 0.3) is 0 Å². The zero-order valence-electron chi connectivity index (χ0n) is 12.1. The van der Waals surface area contributed by atoms with Crippen LogP contribution in [-0.4, -0.2) is 12.4 Å². The number of ether oxygens (including phenoxy) is 1. The van der Waals surface area contributed by atoms with Crippen LogP contribution in [0, 0.1) is 5.92 Å². The van der Waals surface area contributed by atoms with Crippen LogP contribution >= 0.6 is 0 Å². The molecule has 1 aliphatic heterocycles. The molecule has 3 rings (SSSR count). The van der Waals surface area contributed by atoms with Crippen molar-refractivity contribution >= 4 is 5.78 Å². The van der Waals surface area contributed by atoms with E-state index in [1.165, 1.54) is 31.2 Å². The number of hydrogen-bond acceptors (Lipinski definition) is 2. The molecule has 1 fully saturated rings. The fourth-order valence-corrected chi connectivity index (χ4v) is 3.64. The molecule has 1 saturated carbocycles. The van der Waals surface area contributed by atoms with Gasteiger partial charge in [-0.3, -0.25) is 4.79 Å². The summed E-state index contributed by atoms with van der Waals surface area (Å²) in [5.74, 6) is 2.18. The summed E-state index contributed by atoms with van der Waals surface area (Å²) < 4.78 is 5.69. The van der Waals surface area contributed by atoms with Crippen molar-refractivity contribution in [3.05, 3.63) is 29.8 Å². The van der Waals surface area contributed by atoms with Gasteiger partial charge in [0.2, 0.25) is 0 Å². The fraction of sp³-hybridized carbons (Fsp3) is 0.611. The molecule has 1 heterocycles. The zero-order chi connectivity index (χ0) is 13.8. The Labute approximate surface area is 121 Å². The summed E-state index contributed by atoms with van der Waals surface area (Å²) in [6, 6.07) is 8.21. The van der Waals surface area contributed by atoms with Gasteiger partial charge in [0, 0.05) is 12.3 Å². The predicted molar refractivity (Wildman–Crippen MR) is 80.1 cm³/mol. The van der Waals surface area contributed by atoms with Gasteiger partial charge in [0.1, 0.15) is 11.5 Å². The molecule has 108 valence electrons. The molecular formula is C18H24O2. The molecule has 1 atom stereocenters.